The number of aromatic nitrogens is 2. The van der Waals surface area contributed by atoms with Crippen molar-refractivity contribution in [2.24, 2.45) is 0 Å². The molecule has 0 fully saturated rings. The van der Waals surface area contributed by atoms with Gasteiger partial charge in [-0.15, -0.1) is 0 Å². The van der Waals surface area contributed by atoms with Crippen molar-refractivity contribution in [2.45, 2.75) is 0 Å². The van der Waals surface area contributed by atoms with Crippen LogP contribution in [-0.2, 0) is 0 Å². The maximum atomic E-state index is 13.4. The normalized spacial score (nSPS) is 10.1. The maximum Gasteiger partial charge on any atom is 0.489 e. The van der Waals surface area contributed by atoms with E-state index in [1.54, 1.807) is 6.07 Å². The quantitative estimate of drug-likeness (QED) is 0.514. The second-order valence-electron chi connectivity index (χ2n) is 3.91. The van der Waals surface area contributed by atoms with Gasteiger partial charge in [0, 0.05) is 5.56 Å². The minimum atomic E-state index is -1.87. The summed E-state index contributed by atoms with van der Waals surface area (Å²) < 4.78 is 13.4. The van der Waals surface area contributed by atoms with Crippen LogP contribution in [0.2, 0.25) is 0 Å². The van der Waals surface area contributed by atoms with Gasteiger partial charge in [0.05, 0.1) is 5.69 Å². The van der Waals surface area contributed by atoms with Crippen molar-refractivity contribution in [1.29, 1.82) is 5.26 Å². The number of hydrogen-bond donors (Lipinski definition) is 4. The SMILES string of the molecule is N#Cc1c(N)nc(N)nc1-c1cc(F)ccc1B(O)O. The number of nitriles is 1. The van der Waals surface area contributed by atoms with Crippen LogP contribution >= 0.6 is 0 Å². The molecule has 0 atom stereocenters. The molecule has 0 unspecified atom stereocenters. The molecule has 0 aliphatic rings. The molecule has 0 radical (unpaired) electrons. The van der Waals surface area contributed by atoms with Crippen LogP contribution in [0.15, 0.2) is 18.2 Å². The Hall–Kier alpha value is -2.70. The van der Waals surface area contributed by atoms with Crippen LogP contribution in [0.1, 0.15) is 5.56 Å². The molecule has 100 valence electrons. The van der Waals surface area contributed by atoms with Crippen LogP contribution < -0.4 is 16.9 Å². The van der Waals surface area contributed by atoms with E-state index in [4.69, 9.17) is 16.7 Å². The zero-order chi connectivity index (χ0) is 14.9. The van der Waals surface area contributed by atoms with Gasteiger partial charge in [0.15, 0.2) is 0 Å². The standard InChI is InChI=1S/C11H9BFN5O2/c13-5-1-2-8(12(19)20)6(3-5)9-7(4-14)10(15)18-11(16)17-9/h1-3,19-20H,(H4,15,16,17,18). The van der Waals surface area contributed by atoms with Crippen LogP contribution in [0.3, 0.4) is 0 Å². The number of halogens is 1. The number of hydrogen-bond acceptors (Lipinski definition) is 7. The van der Waals surface area contributed by atoms with E-state index in [0.717, 1.165) is 12.1 Å². The number of anilines is 2. The largest absolute Gasteiger partial charge is 0.489 e. The van der Waals surface area contributed by atoms with Crippen LogP contribution in [0.25, 0.3) is 11.3 Å². The zero-order valence-electron chi connectivity index (χ0n) is 10.1. The lowest BCUT2D eigenvalue weighted by atomic mass is 9.76. The van der Waals surface area contributed by atoms with E-state index in [1.807, 2.05) is 0 Å². The van der Waals surface area contributed by atoms with Gasteiger partial charge in [-0.1, -0.05) is 6.07 Å². The van der Waals surface area contributed by atoms with Gasteiger partial charge in [-0.25, -0.2) is 9.37 Å². The Morgan fingerprint density at radius 3 is 2.55 bits per heavy atom. The highest BCUT2D eigenvalue weighted by Crippen LogP contribution is 2.24. The molecule has 7 nitrogen and oxygen atoms in total. The average Bonchev–Trinajstić information content (AvgIpc) is 2.37. The molecule has 2 aromatic rings. The molecular weight excluding hydrogens is 264 g/mol. The summed E-state index contributed by atoms with van der Waals surface area (Å²) >= 11 is 0. The summed E-state index contributed by atoms with van der Waals surface area (Å²) in [4.78, 5) is 7.47. The smallest absolute Gasteiger partial charge is 0.423 e. The van der Waals surface area contributed by atoms with E-state index in [0.29, 0.717) is 0 Å². The Morgan fingerprint density at radius 2 is 1.95 bits per heavy atom. The number of benzene rings is 1. The highest BCUT2D eigenvalue weighted by Gasteiger charge is 2.22. The first-order chi connectivity index (χ1) is 9.43. The molecule has 2 rings (SSSR count). The van der Waals surface area contributed by atoms with Crippen molar-refractivity contribution < 1.29 is 14.4 Å². The van der Waals surface area contributed by atoms with Gasteiger partial charge in [0.1, 0.15) is 23.3 Å². The van der Waals surface area contributed by atoms with E-state index >= 15 is 0 Å². The molecule has 0 saturated heterocycles. The van der Waals surface area contributed by atoms with Gasteiger partial charge in [-0.05, 0) is 17.6 Å². The number of nitrogen functional groups attached to an aromatic ring is 2. The summed E-state index contributed by atoms with van der Waals surface area (Å²) in [6.45, 7) is 0. The summed E-state index contributed by atoms with van der Waals surface area (Å²) in [5.74, 6) is -1.01. The highest BCUT2D eigenvalue weighted by atomic mass is 19.1. The fourth-order valence-electron chi connectivity index (χ4n) is 1.76. The van der Waals surface area contributed by atoms with Gasteiger partial charge in [0.2, 0.25) is 5.95 Å². The van der Waals surface area contributed by atoms with Gasteiger partial charge in [-0.3, -0.25) is 0 Å². The van der Waals surface area contributed by atoms with Crippen LogP contribution in [-0.4, -0.2) is 27.1 Å². The first-order valence-corrected chi connectivity index (χ1v) is 5.43. The van der Waals surface area contributed by atoms with Crippen molar-refractivity contribution >= 4 is 24.3 Å². The summed E-state index contributed by atoms with van der Waals surface area (Å²) in [5.41, 5.74) is 10.8. The topological polar surface area (TPSA) is 142 Å². The van der Waals surface area contributed by atoms with Crippen molar-refractivity contribution in [3.8, 4) is 17.3 Å². The van der Waals surface area contributed by atoms with Gasteiger partial charge in [0.25, 0.3) is 0 Å². The fourth-order valence-corrected chi connectivity index (χ4v) is 1.76. The Kier molecular flexibility index (Phi) is 3.52. The summed E-state index contributed by atoms with van der Waals surface area (Å²) in [7, 11) is -1.87. The van der Waals surface area contributed by atoms with E-state index in [1.165, 1.54) is 6.07 Å². The summed E-state index contributed by atoms with van der Waals surface area (Å²) in [5, 5.41) is 27.7. The van der Waals surface area contributed by atoms with Crippen molar-refractivity contribution in [3.05, 3.63) is 29.6 Å². The van der Waals surface area contributed by atoms with Crippen molar-refractivity contribution in [2.75, 3.05) is 11.5 Å². The molecule has 0 aliphatic carbocycles. The lowest BCUT2D eigenvalue weighted by Crippen LogP contribution is -2.32. The van der Waals surface area contributed by atoms with Gasteiger partial charge in [-0.2, -0.15) is 10.2 Å². The monoisotopic (exact) mass is 273 g/mol. The predicted molar refractivity (Wildman–Crippen MR) is 70.8 cm³/mol. The summed E-state index contributed by atoms with van der Waals surface area (Å²) in [6, 6.07) is 5.02. The van der Waals surface area contributed by atoms with E-state index < -0.39 is 12.9 Å². The number of rotatable bonds is 2. The van der Waals surface area contributed by atoms with Crippen molar-refractivity contribution in [3.63, 3.8) is 0 Å². The van der Waals surface area contributed by atoms with E-state index in [9.17, 15) is 14.4 Å². The molecule has 1 aromatic heterocycles. The zero-order valence-corrected chi connectivity index (χ0v) is 10.1. The first kappa shape index (κ1) is 13.7. The van der Waals surface area contributed by atoms with Gasteiger partial charge >= 0.3 is 7.12 Å². The van der Waals surface area contributed by atoms with Crippen LogP contribution in [0.4, 0.5) is 16.2 Å². The third-order valence-electron chi connectivity index (χ3n) is 2.61. The Labute approximate surface area is 113 Å². The molecule has 20 heavy (non-hydrogen) atoms. The third kappa shape index (κ3) is 2.38. The molecule has 0 spiro atoms. The molecule has 1 aromatic carbocycles. The maximum absolute atomic E-state index is 13.4. The molecule has 0 amide bonds. The third-order valence-corrected chi connectivity index (χ3v) is 2.61. The lowest BCUT2D eigenvalue weighted by Gasteiger charge is -2.11. The average molecular weight is 273 g/mol. The molecule has 9 heteroatoms. The molecule has 1 heterocycles. The fraction of sp³-hybridized carbons (Fsp3) is 0. The predicted octanol–water partition coefficient (Wildman–Crippen LogP) is -1.00. The van der Waals surface area contributed by atoms with Crippen LogP contribution in [0, 0.1) is 17.1 Å². The molecule has 6 N–H and O–H groups in total. The highest BCUT2D eigenvalue weighted by molar-refractivity contribution is 6.60. The second kappa shape index (κ2) is 5.12. The Bertz CT molecular complexity index is 717. The Balaban J connectivity index is 2.81. The van der Waals surface area contributed by atoms with Gasteiger partial charge < -0.3 is 21.5 Å². The molecule has 0 aliphatic heterocycles. The van der Waals surface area contributed by atoms with E-state index in [2.05, 4.69) is 9.97 Å². The minimum Gasteiger partial charge on any atom is -0.423 e. The molecule has 0 bridgehead atoms. The first-order valence-electron chi connectivity index (χ1n) is 5.43. The van der Waals surface area contributed by atoms with Crippen LogP contribution in [0.5, 0.6) is 0 Å². The summed E-state index contributed by atoms with van der Waals surface area (Å²) in [6.07, 6.45) is 0. The van der Waals surface area contributed by atoms with E-state index in [-0.39, 0.29) is 34.0 Å². The number of nitrogens with two attached hydrogens (primary N) is 2. The Morgan fingerprint density at radius 1 is 1.25 bits per heavy atom. The second-order valence-corrected chi connectivity index (χ2v) is 3.91. The van der Waals surface area contributed by atoms with Crippen molar-refractivity contribution in [1.82, 2.24) is 9.97 Å². The molecule has 0 saturated carbocycles. The lowest BCUT2D eigenvalue weighted by molar-refractivity contribution is 0.426. The number of nitrogens with zero attached hydrogens (tertiary/aromatic N) is 3. The minimum absolute atomic E-state index is 0.0114. The molecular formula is C11H9BFN5O2.